The van der Waals surface area contributed by atoms with Crippen molar-refractivity contribution in [2.75, 3.05) is 4.90 Å². The van der Waals surface area contributed by atoms with E-state index >= 15 is 0 Å². The summed E-state index contributed by atoms with van der Waals surface area (Å²) in [5.74, 6) is -1.56. The minimum atomic E-state index is -1.02. The van der Waals surface area contributed by atoms with Crippen LogP contribution < -0.4 is 9.64 Å². The molecule has 1 aromatic heterocycles. The average molecular weight is 557 g/mol. The van der Waals surface area contributed by atoms with Crippen LogP contribution in [0.4, 0.5) is 9.52 Å². The summed E-state index contributed by atoms with van der Waals surface area (Å²) in [6.07, 6.45) is 0. The second-order valence-electron chi connectivity index (χ2n) is 8.77. The van der Waals surface area contributed by atoms with Crippen LogP contribution in [0.3, 0.4) is 0 Å². The van der Waals surface area contributed by atoms with Crippen molar-refractivity contribution in [3.05, 3.63) is 125 Å². The molecule has 39 heavy (non-hydrogen) atoms. The largest absolute Gasteiger partial charge is 0.507 e. The van der Waals surface area contributed by atoms with E-state index in [1.807, 2.05) is 18.2 Å². The molecule has 0 aliphatic carbocycles. The number of carbonyl (C=O) groups is 2. The lowest BCUT2D eigenvalue weighted by molar-refractivity contribution is -0.132. The second-order valence-corrected chi connectivity index (χ2v) is 10.2. The number of hydrogen-bond acceptors (Lipinski definition) is 6. The van der Waals surface area contributed by atoms with E-state index in [4.69, 9.17) is 16.3 Å². The molecule has 1 fully saturated rings. The predicted octanol–water partition coefficient (Wildman–Crippen LogP) is 7.51. The third kappa shape index (κ3) is 4.65. The number of Topliss-reactive ketones (excluding diaryl/α,β-unsaturated/α-hetero) is 1. The fourth-order valence-corrected chi connectivity index (χ4v) is 5.74. The number of aromatic nitrogens is 1. The van der Waals surface area contributed by atoms with Gasteiger partial charge >= 0.3 is 5.91 Å². The lowest BCUT2D eigenvalue weighted by atomic mass is 9.95. The van der Waals surface area contributed by atoms with Gasteiger partial charge < -0.3 is 9.84 Å². The number of benzene rings is 4. The van der Waals surface area contributed by atoms with Crippen LogP contribution in [0.2, 0.25) is 5.02 Å². The van der Waals surface area contributed by atoms with Crippen molar-refractivity contribution in [1.29, 1.82) is 0 Å². The number of thiazole rings is 1. The molecule has 1 aliphatic rings. The van der Waals surface area contributed by atoms with E-state index in [2.05, 4.69) is 4.98 Å². The van der Waals surface area contributed by atoms with E-state index in [9.17, 15) is 19.1 Å². The Hall–Kier alpha value is -4.53. The topological polar surface area (TPSA) is 79.7 Å². The van der Waals surface area contributed by atoms with Gasteiger partial charge in [-0.15, -0.1) is 0 Å². The molecule has 192 valence electrons. The maximum absolute atomic E-state index is 13.6. The molecule has 5 aromatic rings. The van der Waals surface area contributed by atoms with Gasteiger partial charge in [-0.3, -0.25) is 14.5 Å². The first-order valence-electron chi connectivity index (χ1n) is 11.8. The number of ketones is 1. The average Bonchev–Trinajstić information content (AvgIpc) is 3.47. The van der Waals surface area contributed by atoms with Crippen LogP contribution in [0.25, 0.3) is 16.0 Å². The quantitative estimate of drug-likeness (QED) is 0.138. The second kappa shape index (κ2) is 9.98. The molecule has 0 bridgehead atoms. The van der Waals surface area contributed by atoms with Crippen molar-refractivity contribution >= 4 is 55.7 Å². The zero-order chi connectivity index (χ0) is 27.1. The first-order chi connectivity index (χ1) is 18.9. The van der Waals surface area contributed by atoms with Gasteiger partial charge in [0.1, 0.15) is 23.1 Å². The van der Waals surface area contributed by atoms with Gasteiger partial charge in [0.05, 0.1) is 21.8 Å². The summed E-state index contributed by atoms with van der Waals surface area (Å²) < 4.78 is 20.3. The number of rotatable bonds is 5. The summed E-state index contributed by atoms with van der Waals surface area (Å²) in [6, 6.07) is 25.3. The van der Waals surface area contributed by atoms with Gasteiger partial charge in [-0.25, -0.2) is 9.37 Å². The third-order valence-corrected chi connectivity index (χ3v) is 7.51. The zero-order valence-electron chi connectivity index (χ0n) is 20.0. The number of nitrogens with zero attached hydrogens (tertiary/aromatic N) is 2. The van der Waals surface area contributed by atoms with Crippen LogP contribution in [-0.2, 0) is 9.59 Å². The number of aliphatic hydroxyl groups is 1. The van der Waals surface area contributed by atoms with Crippen molar-refractivity contribution in [3.8, 4) is 11.5 Å². The van der Waals surface area contributed by atoms with Gasteiger partial charge in [0, 0.05) is 10.6 Å². The fourth-order valence-electron chi connectivity index (χ4n) is 4.47. The van der Waals surface area contributed by atoms with Gasteiger partial charge in [-0.2, -0.15) is 0 Å². The summed E-state index contributed by atoms with van der Waals surface area (Å²) >= 11 is 7.36. The van der Waals surface area contributed by atoms with E-state index in [0.29, 0.717) is 27.6 Å². The molecule has 1 aliphatic heterocycles. The fraction of sp³-hybridized carbons (Fsp3) is 0.0333. The minimum Gasteiger partial charge on any atom is -0.507 e. The number of hydrogen-bond donors (Lipinski definition) is 1. The molecule has 2 heterocycles. The molecule has 0 saturated carbocycles. The summed E-state index contributed by atoms with van der Waals surface area (Å²) in [4.78, 5) is 32.8. The van der Waals surface area contributed by atoms with Crippen LogP contribution in [0.15, 0.2) is 103 Å². The Bertz CT molecular complexity index is 1770. The maximum atomic E-state index is 13.6. The highest BCUT2D eigenvalue weighted by atomic mass is 35.5. The Morgan fingerprint density at radius 1 is 0.923 bits per heavy atom. The number of fused-ring (bicyclic) bond motifs is 1. The Balaban J connectivity index is 1.52. The minimum absolute atomic E-state index is 0.138. The van der Waals surface area contributed by atoms with Crippen LogP contribution >= 0.6 is 22.9 Å². The molecule has 0 spiro atoms. The van der Waals surface area contributed by atoms with Crippen molar-refractivity contribution in [1.82, 2.24) is 4.98 Å². The maximum Gasteiger partial charge on any atom is 0.301 e. The molecule has 1 amide bonds. The number of ether oxygens (including phenoxy) is 1. The Kier molecular flexibility index (Phi) is 6.34. The Morgan fingerprint density at radius 2 is 1.67 bits per heavy atom. The van der Waals surface area contributed by atoms with Gasteiger partial charge in [-0.05, 0) is 72.3 Å². The van der Waals surface area contributed by atoms with E-state index < -0.39 is 29.3 Å². The number of carbonyl (C=O) groups excluding carboxylic acids is 2. The molecule has 6 rings (SSSR count). The molecule has 1 saturated heterocycles. The number of halogens is 2. The molecule has 1 N–H and O–H groups in total. The molecular formula is C30H18ClFN2O4S. The number of aliphatic hydroxyl groups excluding tert-OH is 1. The van der Waals surface area contributed by atoms with E-state index in [-0.39, 0.29) is 16.3 Å². The van der Waals surface area contributed by atoms with Gasteiger partial charge in [0.2, 0.25) is 0 Å². The number of amides is 1. The summed E-state index contributed by atoms with van der Waals surface area (Å²) in [7, 11) is 0. The molecule has 1 unspecified atom stereocenters. The lowest BCUT2D eigenvalue weighted by Gasteiger charge is -2.23. The number of anilines is 1. The summed E-state index contributed by atoms with van der Waals surface area (Å²) in [5.41, 5.74) is 1.19. The first-order valence-corrected chi connectivity index (χ1v) is 13.0. The van der Waals surface area contributed by atoms with Gasteiger partial charge in [-0.1, -0.05) is 53.3 Å². The van der Waals surface area contributed by atoms with Crippen LogP contribution in [0, 0.1) is 5.82 Å². The standard InChI is InChI=1S/C30H18ClFN2O4S/c31-19-11-14-23-24(16-19)39-30(33-23)34-26(18-5-4-8-22(15-18)38-21-6-2-1-3-7-21)25(28(36)29(34)37)27(35)17-9-12-20(32)13-10-17/h1-16,26,35H/b27-25+. The molecule has 4 aromatic carbocycles. The lowest BCUT2D eigenvalue weighted by Crippen LogP contribution is -2.29. The van der Waals surface area contributed by atoms with Crippen LogP contribution in [-0.4, -0.2) is 21.8 Å². The van der Waals surface area contributed by atoms with Crippen molar-refractivity contribution in [2.45, 2.75) is 6.04 Å². The van der Waals surface area contributed by atoms with Crippen molar-refractivity contribution in [3.63, 3.8) is 0 Å². The molecule has 1 atom stereocenters. The molecule has 6 nitrogen and oxygen atoms in total. The smallest absolute Gasteiger partial charge is 0.301 e. The van der Waals surface area contributed by atoms with Crippen LogP contribution in [0.1, 0.15) is 17.2 Å². The molecular weight excluding hydrogens is 539 g/mol. The highest BCUT2D eigenvalue weighted by Crippen LogP contribution is 2.45. The highest BCUT2D eigenvalue weighted by molar-refractivity contribution is 7.22. The van der Waals surface area contributed by atoms with Crippen LogP contribution in [0.5, 0.6) is 11.5 Å². The van der Waals surface area contributed by atoms with Gasteiger partial charge in [0.25, 0.3) is 5.78 Å². The zero-order valence-corrected chi connectivity index (χ0v) is 21.6. The van der Waals surface area contributed by atoms with E-state index in [1.54, 1.807) is 54.6 Å². The summed E-state index contributed by atoms with van der Waals surface area (Å²) in [6.45, 7) is 0. The summed E-state index contributed by atoms with van der Waals surface area (Å²) in [5, 5.41) is 12.1. The molecule has 9 heteroatoms. The predicted molar refractivity (Wildman–Crippen MR) is 149 cm³/mol. The number of para-hydroxylation sites is 1. The monoisotopic (exact) mass is 556 g/mol. The highest BCUT2D eigenvalue weighted by Gasteiger charge is 2.48. The normalized spacial score (nSPS) is 16.7. The van der Waals surface area contributed by atoms with Crippen molar-refractivity contribution in [2.24, 2.45) is 0 Å². The van der Waals surface area contributed by atoms with Gasteiger partial charge in [0.15, 0.2) is 5.13 Å². The Morgan fingerprint density at radius 3 is 2.44 bits per heavy atom. The van der Waals surface area contributed by atoms with E-state index in [1.165, 1.54) is 40.5 Å². The molecule has 0 radical (unpaired) electrons. The first kappa shape index (κ1) is 24.8. The Labute approximate surface area is 231 Å². The SMILES string of the molecule is O=C1C(=O)N(c2nc3ccc(Cl)cc3s2)C(c2cccc(Oc3ccccc3)c2)/C1=C(\O)c1ccc(F)cc1. The van der Waals surface area contributed by atoms with Crippen molar-refractivity contribution < 1.29 is 23.8 Å². The third-order valence-electron chi connectivity index (χ3n) is 6.26. The van der Waals surface area contributed by atoms with E-state index in [0.717, 1.165) is 4.70 Å².